The van der Waals surface area contributed by atoms with Gasteiger partial charge in [0, 0.05) is 23.5 Å². The molecule has 0 saturated carbocycles. The van der Waals surface area contributed by atoms with E-state index in [9.17, 15) is 0 Å². The van der Waals surface area contributed by atoms with Crippen LogP contribution in [0.1, 0.15) is 44.5 Å². The average Bonchev–Trinajstić information content (AvgIpc) is 2.90. The van der Waals surface area contributed by atoms with Crippen molar-refractivity contribution in [2.45, 2.75) is 45.7 Å². The van der Waals surface area contributed by atoms with Crippen LogP contribution in [-0.2, 0) is 0 Å². The van der Waals surface area contributed by atoms with Crippen LogP contribution in [0.25, 0.3) is 0 Å². The molecule has 18 heavy (non-hydrogen) atoms. The van der Waals surface area contributed by atoms with Crippen LogP contribution in [0.3, 0.4) is 0 Å². The predicted octanol–water partition coefficient (Wildman–Crippen LogP) is 3.52. The van der Waals surface area contributed by atoms with E-state index in [-0.39, 0.29) is 0 Å². The first-order chi connectivity index (χ1) is 8.68. The molecule has 0 bridgehead atoms. The van der Waals surface area contributed by atoms with Crippen LogP contribution in [0.4, 0.5) is 0 Å². The fourth-order valence-corrected chi connectivity index (χ4v) is 3.67. The molecule has 1 N–H and O–H groups in total. The summed E-state index contributed by atoms with van der Waals surface area (Å²) in [6.45, 7) is 10.6. The van der Waals surface area contributed by atoms with Crippen molar-refractivity contribution in [3.8, 4) is 0 Å². The average molecular weight is 266 g/mol. The summed E-state index contributed by atoms with van der Waals surface area (Å²) in [5.74, 6) is 0.871. The normalized spacial score (nSPS) is 19.6. The van der Waals surface area contributed by atoms with Crippen LogP contribution in [0.2, 0.25) is 0 Å². The van der Waals surface area contributed by atoms with E-state index >= 15 is 0 Å². The highest BCUT2D eigenvalue weighted by Gasteiger charge is 2.24. The summed E-state index contributed by atoms with van der Waals surface area (Å²) in [6, 6.07) is 5.61. The molecule has 1 aromatic heterocycles. The Balaban J connectivity index is 1.98. The van der Waals surface area contributed by atoms with Crippen LogP contribution in [-0.4, -0.2) is 30.6 Å². The lowest BCUT2D eigenvalue weighted by Gasteiger charge is -2.36. The molecule has 1 atom stereocenters. The zero-order chi connectivity index (χ0) is 13.0. The van der Waals surface area contributed by atoms with Crippen LogP contribution < -0.4 is 5.32 Å². The van der Waals surface area contributed by atoms with Gasteiger partial charge >= 0.3 is 0 Å². The summed E-state index contributed by atoms with van der Waals surface area (Å²) in [6.07, 6.45) is 2.67. The summed E-state index contributed by atoms with van der Waals surface area (Å²) in [4.78, 5) is 4.17. The summed E-state index contributed by atoms with van der Waals surface area (Å²) < 4.78 is 0. The zero-order valence-corrected chi connectivity index (χ0v) is 12.7. The first-order valence-corrected chi connectivity index (χ1v) is 8.06. The van der Waals surface area contributed by atoms with Gasteiger partial charge in [0.1, 0.15) is 0 Å². The minimum absolute atomic E-state index is 0.555. The van der Waals surface area contributed by atoms with Crippen LogP contribution >= 0.6 is 11.3 Å². The summed E-state index contributed by atoms with van der Waals surface area (Å²) in [5.41, 5.74) is 0. The number of nitrogens with one attached hydrogen (secondary N) is 1. The number of nitrogens with zero attached hydrogens (tertiary/aromatic N) is 1. The lowest BCUT2D eigenvalue weighted by Crippen LogP contribution is -2.40. The maximum atomic E-state index is 3.46. The molecule has 0 aromatic carbocycles. The maximum absolute atomic E-state index is 3.46. The highest BCUT2D eigenvalue weighted by atomic mass is 32.1. The lowest BCUT2D eigenvalue weighted by atomic mass is 9.96. The van der Waals surface area contributed by atoms with Gasteiger partial charge in [-0.3, -0.25) is 4.90 Å². The van der Waals surface area contributed by atoms with Crippen molar-refractivity contribution >= 4 is 11.3 Å². The lowest BCUT2D eigenvalue weighted by molar-refractivity contribution is 0.127. The molecule has 2 heterocycles. The standard InChI is InChI=1S/C15H26N2S/c1-12(2)17(11-14-6-8-16-9-7-14)13(3)15-5-4-10-18-15/h4-5,10,12-14,16H,6-9,11H2,1-3H3. The van der Waals surface area contributed by atoms with E-state index in [1.54, 1.807) is 0 Å². The zero-order valence-electron chi connectivity index (χ0n) is 11.9. The highest BCUT2D eigenvalue weighted by molar-refractivity contribution is 7.10. The number of rotatable bonds is 5. The van der Waals surface area contributed by atoms with Crippen molar-refractivity contribution in [1.82, 2.24) is 10.2 Å². The third-order valence-electron chi connectivity index (χ3n) is 4.04. The van der Waals surface area contributed by atoms with Crippen LogP contribution in [0.15, 0.2) is 17.5 Å². The van der Waals surface area contributed by atoms with Gasteiger partial charge in [0.25, 0.3) is 0 Å². The molecule has 0 radical (unpaired) electrons. The van der Waals surface area contributed by atoms with Crippen molar-refractivity contribution in [3.05, 3.63) is 22.4 Å². The molecule has 1 fully saturated rings. The molecule has 2 rings (SSSR count). The van der Waals surface area contributed by atoms with Crippen molar-refractivity contribution in [2.75, 3.05) is 19.6 Å². The van der Waals surface area contributed by atoms with Gasteiger partial charge in [0.2, 0.25) is 0 Å². The van der Waals surface area contributed by atoms with Crippen molar-refractivity contribution in [2.24, 2.45) is 5.92 Å². The monoisotopic (exact) mass is 266 g/mol. The number of thiophene rings is 1. The number of piperidine rings is 1. The van der Waals surface area contributed by atoms with Crippen LogP contribution in [0.5, 0.6) is 0 Å². The molecule has 3 heteroatoms. The van der Waals surface area contributed by atoms with Gasteiger partial charge in [-0.1, -0.05) is 6.07 Å². The third kappa shape index (κ3) is 3.56. The largest absolute Gasteiger partial charge is 0.317 e. The number of hydrogen-bond acceptors (Lipinski definition) is 3. The summed E-state index contributed by atoms with van der Waals surface area (Å²) in [5, 5.41) is 5.65. The van der Waals surface area contributed by atoms with E-state index in [2.05, 4.69) is 48.5 Å². The highest BCUT2D eigenvalue weighted by Crippen LogP contribution is 2.28. The van der Waals surface area contributed by atoms with E-state index in [1.807, 2.05) is 11.3 Å². The van der Waals surface area contributed by atoms with Gasteiger partial charge in [0.05, 0.1) is 0 Å². The van der Waals surface area contributed by atoms with Crippen molar-refractivity contribution in [3.63, 3.8) is 0 Å². The molecule has 1 saturated heterocycles. The van der Waals surface area contributed by atoms with Gasteiger partial charge in [-0.05, 0) is 64.1 Å². The fourth-order valence-electron chi connectivity index (χ4n) is 2.87. The molecular formula is C15H26N2S. The quantitative estimate of drug-likeness (QED) is 0.877. The minimum atomic E-state index is 0.555. The molecule has 1 aliphatic heterocycles. The Morgan fingerprint density at radius 2 is 2.06 bits per heavy atom. The minimum Gasteiger partial charge on any atom is -0.317 e. The number of hydrogen-bond donors (Lipinski definition) is 1. The summed E-state index contributed by atoms with van der Waals surface area (Å²) in [7, 11) is 0. The second kappa shape index (κ2) is 6.69. The van der Waals surface area contributed by atoms with Crippen molar-refractivity contribution in [1.29, 1.82) is 0 Å². The van der Waals surface area contributed by atoms with E-state index in [0.29, 0.717) is 12.1 Å². The van der Waals surface area contributed by atoms with Gasteiger partial charge in [-0.2, -0.15) is 0 Å². The first kappa shape index (κ1) is 14.0. The Labute approximate surface area is 115 Å². The van der Waals surface area contributed by atoms with Gasteiger partial charge in [-0.25, -0.2) is 0 Å². The SMILES string of the molecule is CC(C)N(CC1CCNCC1)C(C)c1cccs1. The molecule has 1 aromatic rings. The smallest absolute Gasteiger partial charge is 0.0416 e. The molecule has 0 aliphatic carbocycles. The molecule has 0 spiro atoms. The second-order valence-corrected chi connectivity index (χ2v) is 6.65. The van der Waals surface area contributed by atoms with Gasteiger partial charge in [0.15, 0.2) is 0 Å². The molecule has 0 amide bonds. The van der Waals surface area contributed by atoms with Crippen molar-refractivity contribution < 1.29 is 0 Å². The van der Waals surface area contributed by atoms with Gasteiger partial charge in [-0.15, -0.1) is 11.3 Å². The Kier molecular flexibility index (Phi) is 5.22. The van der Waals surface area contributed by atoms with Crippen LogP contribution in [0, 0.1) is 5.92 Å². The molecule has 2 nitrogen and oxygen atoms in total. The summed E-state index contributed by atoms with van der Waals surface area (Å²) >= 11 is 1.88. The first-order valence-electron chi connectivity index (χ1n) is 7.18. The van der Waals surface area contributed by atoms with Gasteiger partial charge < -0.3 is 5.32 Å². The topological polar surface area (TPSA) is 15.3 Å². The van der Waals surface area contributed by atoms with E-state index in [1.165, 1.54) is 37.4 Å². The molecule has 102 valence electrons. The molecular weight excluding hydrogens is 240 g/mol. The van der Waals surface area contributed by atoms with E-state index < -0.39 is 0 Å². The third-order valence-corrected chi connectivity index (χ3v) is 5.09. The fraction of sp³-hybridized carbons (Fsp3) is 0.733. The second-order valence-electron chi connectivity index (χ2n) is 5.68. The Morgan fingerprint density at radius 1 is 1.33 bits per heavy atom. The Hall–Kier alpha value is -0.380. The Bertz CT molecular complexity index is 328. The predicted molar refractivity (Wildman–Crippen MR) is 80.2 cm³/mol. The molecule has 1 aliphatic rings. The molecule has 1 unspecified atom stereocenters. The Morgan fingerprint density at radius 3 is 2.61 bits per heavy atom. The van der Waals surface area contributed by atoms with E-state index in [0.717, 1.165) is 5.92 Å². The van der Waals surface area contributed by atoms with E-state index in [4.69, 9.17) is 0 Å². The maximum Gasteiger partial charge on any atom is 0.0416 e.